The molecule has 1 aromatic carbocycles. The summed E-state index contributed by atoms with van der Waals surface area (Å²) in [6.07, 6.45) is 1.91. The van der Waals surface area contributed by atoms with Crippen molar-refractivity contribution < 1.29 is 14.7 Å². The number of amides is 2. The number of anilines is 1. The molecule has 2 amide bonds. The molecule has 1 aliphatic rings. The Morgan fingerprint density at radius 2 is 2.05 bits per heavy atom. The summed E-state index contributed by atoms with van der Waals surface area (Å²) in [6, 6.07) is 5.02. The van der Waals surface area contributed by atoms with Crippen LogP contribution in [-0.2, 0) is 9.59 Å². The molecule has 0 radical (unpaired) electrons. The van der Waals surface area contributed by atoms with Crippen LogP contribution in [0.5, 0.6) is 0 Å². The highest BCUT2D eigenvalue weighted by molar-refractivity contribution is 6.39. The Morgan fingerprint density at radius 1 is 1.38 bits per heavy atom. The van der Waals surface area contributed by atoms with E-state index >= 15 is 0 Å². The first-order valence-electron chi connectivity index (χ1n) is 6.87. The van der Waals surface area contributed by atoms with Crippen molar-refractivity contribution in [2.75, 3.05) is 11.9 Å². The van der Waals surface area contributed by atoms with Crippen LogP contribution in [0.3, 0.4) is 0 Å². The van der Waals surface area contributed by atoms with E-state index in [-0.39, 0.29) is 12.5 Å². The van der Waals surface area contributed by atoms with Gasteiger partial charge in [-0.25, -0.2) is 0 Å². The van der Waals surface area contributed by atoms with Gasteiger partial charge in [-0.3, -0.25) is 9.59 Å². The standard InChI is InChI=1S/C15H19ClN2O3/c1-9-3-6-11(7-12(9)16)18-14(20)13(19)17-8-15(2,21)10-4-5-10/h3,6-7,10,21H,4-5,8H2,1-2H3,(H,17,19)(H,18,20). The Bertz CT molecular complexity index is 568. The van der Waals surface area contributed by atoms with Crippen molar-refractivity contribution in [2.45, 2.75) is 32.3 Å². The highest BCUT2D eigenvalue weighted by Crippen LogP contribution is 2.38. The van der Waals surface area contributed by atoms with Crippen LogP contribution in [0.1, 0.15) is 25.3 Å². The molecule has 1 aliphatic carbocycles. The number of nitrogens with one attached hydrogen (secondary N) is 2. The third-order valence-corrected chi connectivity index (χ3v) is 4.11. The molecule has 21 heavy (non-hydrogen) atoms. The summed E-state index contributed by atoms with van der Waals surface area (Å²) in [5, 5.41) is 15.5. The summed E-state index contributed by atoms with van der Waals surface area (Å²) in [5.41, 5.74) is 0.391. The van der Waals surface area contributed by atoms with Crippen LogP contribution in [0.2, 0.25) is 5.02 Å². The number of carbonyl (C=O) groups is 2. The highest BCUT2D eigenvalue weighted by Gasteiger charge is 2.40. The first kappa shape index (κ1) is 15.8. The van der Waals surface area contributed by atoms with Gasteiger partial charge < -0.3 is 15.7 Å². The summed E-state index contributed by atoms with van der Waals surface area (Å²) < 4.78 is 0. The van der Waals surface area contributed by atoms with Gasteiger partial charge in [0, 0.05) is 17.3 Å². The normalized spacial score (nSPS) is 17.0. The number of hydrogen-bond acceptors (Lipinski definition) is 3. The van der Waals surface area contributed by atoms with Gasteiger partial charge in [0.2, 0.25) is 0 Å². The molecular formula is C15H19ClN2O3. The summed E-state index contributed by atoms with van der Waals surface area (Å²) in [7, 11) is 0. The van der Waals surface area contributed by atoms with Gasteiger partial charge in [-0.2, -0.15) is 0 Å². The third-order valence-electron chi connectivity index (χ3n) is 3.70. The molecule has 6 heteroatoms. The van der Waals surface area contributed by atoms with Crippen molar-refractivity contribution >= 4 is 29.1 Å². The van der Waals surface area contributed by atoms with Gasteiger partial charge in [0.15, 0.2) is 0 Å². The van der Waals surface area contributed by atoms with Gasteiger partial charge >= 0.3 is 11.8 Å². The molecule has 0 saturated heterocycles. The Labute approximate surface area is 128 Å². The van der Waals surface area contributed by atoms with E-state index in [0.717, 1.165) is 18.4 Å². The monoisotopic (exact) mass is 310 g/mol. The maximum Gasteiger partial charge on any atom is 0.313 e. The lowest BCUT2D eigenvalue weighted by Crippen LogP contribution is -2.45. The van der Waals surface area contributed by atoms with E-state index < -0.39 is 17.4 Å². The van der Waals surface area contributed by atoms with Crippen LogP contribution in [0.15, 0.2) is 18.2 Å². The van der Waals surface area contributed by atoms with E-state index in [4.69, 9.17) is 11.6 Å². The van der Waals surface area contributed by atoms with Crippen molar-refractivity contribution in [3.8, 4) is 0 Å². The number of aliphatic hydroxyl groups is 1. The molecule has 0 heterocycles. The summed E-state index contributed by atoms with van der Waals surface area (Å²) in [4.78, 5) is 23.5. The van der Waals surface area contributed by atoms with E-state index in [1.807, 2.05) is 6.92 Å². The van der Waals surface area contributed by atoms with E-state index in [0.29, 0.717) is 10.7 Å². The van der Waals surface area contributed by atoms with E-state index in [1.54, 1.807) is 25.1 Å². The average molecular weight is 311 g/mol. The Morgan fingerprint density at radius 3 is 2.62 bits per heavy atom. The van der Waals surface area contributed by atoms with Crippen molar-refractivity contribution in [3.05, 3.63) is 28.8 Å². The molecular weight excluding hydrogens is 292 g/mol. The van der Waals surface area contributed by atoms with E-state index in [2.05, 4.69) is 10.6 Å². The van der Waals surface area contributed by atoms with Crippen LogP contribution in [-0.4, -0.2) is 29.1 Å². The van der Waals surface area contributed by atoms with Crippen molar-refractivity contribution in [3.63, 3.8) is 0 Å². The first-order chi connectivity index (χ1) is 9.79. The molecule has 0 aromatic heterocycles. The quantitative estimate of drug-likeness (QED) is 0.743. The maximum absolute atomic E-state index is 11.8. The fourth-order valence-electron chi connectivity index (χ4n) is 2.05. The van der Waals surface area contributed by atoms with Crippen molar-refractivity contribution in [1.82, 2.24) is 5.32 Å². The number of halogens is 1. The van der Waals surface area contributed by atoms with Crippen LogP contribution < -0.4 is 10.6 Å². The topological polar surface area (TPSA) is 78.4 Å². The lowest BCUT2D eigenvalue weighted by molar-refractivity contribution is -0.136. The van der Waals surface area contributed by atoms with Gasteiger partial charge in [-0.15, -0.1) is 0 Å². The lowest BCUT2D eigenvalue weighted by Gasteiger charge is -2.22. The van der Waals surface area contributed by atoms with Crippen LogP contribution in [0.4, 0.5) is 5.69 Å². The van der Waals surface area contributed by atoms with E-state index in [9.17, 15) is 14.7 Å². The first-order valence-corrected chi connectivity index (χ1v) is 7.25. The van der Waals surface area contributed by atoms with Gasteiger partial charge in [-0.1, -0.05) is 17.7 Å². The Balaban J connectivity index is 1.87. The number of rotatable bonds is 4. The average Bonchev–Trinajstić information content (AvgIpc) is 3.25. The van der Waals surface area contributed by atoms with Gasteiger partial charge in [0.05, 0.1) is 5.60 Å². The maximum atomic E-state index is 11.8. The Kier molecular flexibility index (Phi) is 4.54. The highest BCUT2D eigenvalue weighted by atomic mass is 35.5. The zero-order valence-corrected chi connectivity index (χ0v) is 12.8. The minimum atomic E-state index is -0.955. The molecule has 0 aliphatic heterocycles. The van der Waals surface area contributed by atoms with Crippen LogP contribution in [0, 0.1) is 12.8 Å². The fraction of sp³-hybridized carbons (Fsp3) is 0.467. The predicted octanol–water partition coefficient (Wildman–Crippen LogP) is 1.86. The van der Waals surface area contributed by atoms with Gasteiger partial charge in [0.1, 0.15) is 0 Å². The Hall–Kier alpha value is -1.59. The second-order valence-electron chi connectivity index (χ2n) is 5.73. The second kappa shape index (κ2) is 6.03. The smallest absolute Gasteiger partial charge is 0.313 e. The zero-order chi connectivity index (χ0) is 15.6. The molecule has 1 atom stereocenters. The van der Waals surface area contributed by atoms with Gasteiger partial charge in [-0.05, 0) is 50.3 Å². The molecule has 1 fully saturated rings. The SMILES string of the molecule is Cc1ccc(NC(=O)C(=O)NCC(C)(O)C2CC2)cc1Cl. The number of hydrogen-bond donors (Lipinski definition) is 3. The summed E-state index contributed by atoms with van der Waals surface area (Å²) in [6.45, 7) is 3.59. The number of carbonyl (C=O) groups excluding carboxylic acids is 2. The molecule has 0 spiro atoms. The minimum absolute atomic E-state index is 0.0680. The van der Waals surface area contributed by atoms with Crippen LogP contribution >= 0.6 is 11.6 Å². The molecule has 114 valence electrons. The molecule has 1 aromatic rings. The largest absolute Gasteiger partial charge is 0.388 e. The number of aryl methyl sites for hydroxylation is 1. The van der Waals surface area contributed by atoms with Crippen LogP contribution in [0.25, 0.3) is 0 Å². The molecule has 2 rings (SSSR count). The third kappa shape index (κ3) is 4.19. The molecule has 5 nitrogen and oxygen atoms in total. The molecule has 0 bridgehead atoms. The zero-order valence-electron chi connectivity index (χ0n) is 12.1. The minimum Gasteiger partial charge on any atom is -0.388 e. The van der Waals surface area contributed by atoms with Gasteiger partial charge in [0.25, 0.3) is 0 Å². The predicted molar refractivity (Wildman–Crippen MR) is 81.2 cm³/mol. The summed E-state index contributed by atoms with van der Waals surface area (Å²) in [5.74, 6) is -1.34. The van der Waals surface area contributed by atoms with Crippen molar-refractivity contribution in [2.24, 2.45) is 5.92 Å². The summed E-state index contributed by atoms with van der Waals surface area (Å²) >= 11 is 5.95. The second-order valence-corrected chi connectivity index (χ2v) is 6.14. The fourth-order valence-corrected chi connectivity index (χ4v) is 2.23. The van der Waals surface area contributed by atoms with Crippen molar-refractivity contribution in [1.29, 1.82) is 0 Å². The molecule has 1 unspecified atom stereocenters. The van der Waals surface area contributed by atoms with E-state index in [1.165, 1.54) is 0 Å². The number of benzene rings is 1. The lowest BCUT2D eigenvalue weighted by atomic mass is 10.0. The molecule has 3 N–H and O–H groups in total. The molecule has 1 saturated carbocycles.